The van der Waals surface area contributed by atoms with Crippen LogP contribution in [0.3, 0.4) is 0 Å². The maximum absolute atomic E-state index is 4.78. The minimum atomic E-state index is 0.230. The van der Waals surface area contributed by atoms with Crippen molar-refractivity contribution in [1.29, 1.82) is 0 Å². The zero-order chi connectivity index (χ0) is 14.8. The highest BCUT2D eigenvalue weighted by molar-refractivity contribution is 8.03. The van der Waals surface area contributed by atoms with Gasteiger partial charge in [-0.15, -0.1) is 11.8 Å². The van der Waals surface area contributed by atoms with Gasteiger partial charge in [0.2, 0.25) is 0 Å². The third-order valence-corrected chi connectivity index (χ3v) is 4.76. The first-order valence-electron chi connectivity index (χ1n) is 7.40. The fraction of sp³-hybridized carbons (Fsp3) is 0.412. The standard InChI is InChI=1S/C17H21N3S/c1-11(2)8-18-16-15-14(9-21-17(15)20-10-19-16)13-6-4-12(3)5-7-13/h4-7,9-11,15,17H,8H2,1-3H3,(H,18,19,20)/t15-,17+/m1/s1. The molecule has 110 valence electrons. The second kappa shape index (κ2) is 6.06. The summed E-state index contributed by atoms with van der Waals surface area (Å²) in [6.45, 7) is 7.36. The summed E-state index contributed by atoms with van der Waals surface area (Å²) in [5, 5.41) is 5.74. The number of amidine groups is 1. The molecule has 1 aromatic rings. The highest BCUT2D eigenvalue weighted by Gasteiger charge is 2.36. The fourth-order valence-corrected chi connectivity index (χ4v) is 3.67. The lowest BCUT2D eigenvalue weighted by Crippen LogP contribution is -2.39. The summed E-state index contributed by atoms with van der Waals surface area (Å²) in [5.74, 6) is 1.87. The van der Waals surface area contributed by atoms with Crippen molar-refractivity contribution in [1.82, 2.24) is 5.32 Å². The molecule has 3 nitrogen and oxygen atoms in total. The van der Waals surface area contributed by atoms with Gasteiger partial charge in [0.25, 0.3) is 0 Å². The van der Waals surface area contributed by atoms with Gasteiger partial charge < -0.3 is 5.32 Å². The highest BCUT2D eigenvalue weighted by atomic mass is 32.2. The second-order valence-corrected chi connectivity index (χ2v) is 6.98. The van der Waals surface area contributed by atoms with Gasteiger partial charge in [-0.05, 0) is 29.4 Å². The van der Waals surface area contributed by atoms with E-state index in [1.807, 2.05) is 0 Å². The number of benzene rings is 1. The van der Waals surface area contributed by atoms with E-state index in [1.165, 1.54) is 16.7 Å². The number of aliphatic imine (C=N–C) groups is 2. The van der Waals surface area contributed by atoms with Gasteiger partial charge in [-0.1, -0.05) is 43.7 Å². The average molecular weight is 299 g/mol. The predicted molar refractivity (Wildman–Crippen MR) is 92.8 cm³/mol. The first kappa shape index (κ1) is 14.4. The number of thioether (sulfide) groups is 1. The number of aryl methyl sites for hydroxylation is 1. The highest BCUT2D eigenvalue weighted by Crippen LogP contribution is 2.43. The molecular formula is C17H21N3S. The van der Waals surface area contributed by atoms with Crippen molar-refractivity contribution in [2.24, 2.45) is 21.8 Å². The van der Waals surface area contributed by atoms with Gasteiger partial charge in [-0.2, -0.15) is 0 Å². The van der Waals surface area contributed by atoms with E-state index < -0.39 is 0 Å². The molecule has 1 N–H and O–H groups in total. The van der Waals surface area contributed by atoms with Crippen LogP contribution in [0.4, 0.5) is 0 Å². The Morgan fingerprint density at radius 3 is 2.76 bits per heavy atom. The molecule has 2 atom stereocenters. The van der Waals surface area contributed by atoms with Crippen LogP contribution in [0.1, 0.15) is 25.0 Å². The van der Waals surface area contributed by atoms with Crippen LogP contribution in [-0.2, 0) is 0 Å². The van der Waals surface area contributed by atoms with Crippen LogP contribution < -0.4 is 5.32 Å². The summed E-state index contributed by atoms with van der Waals surface area (Å²) in [5.41, 5.74) is 3.89. The Morgan fingerprint density at radius 1 is 1.29 bits per heavy atom. The second-order valence-electron chi connectivity index (χ2n) is 5.99. The SMILES string of the molecule is Cc1ccc(C2=CS[C@@H]3N=CNC(=NCC(C)C)[C@@H]23)cc1. The molecule has 2 aliphatic rings. The monoisotopic (exact) mass is 299 g/mol. The van der Waals surface area contributed by atoms with Crippen LogP contribution >= 0.6 is 11.8 Å². The molecule has 0 saturated carbocycles. The molecule has 0 spiro atoms. The van der Waals surface area contributed by atoms with E-state index in [-0.39, 0.29) is 11.3 Å². The summed E-state index contributed by atoms with van der Waals surface area (Å²) in [7, 11) is 0. The lowest BCUT2D eigenvalue weighted by Gasteiger charge is -2.25. The maximum Gasteiger partial charge on any atom is 0.115 e. The van der Waals surface area contributed by atoms with Crippen LogP contribution in [0.2, 0.25) is 0 Å². The topological polar surface area (TPSA) is 36.8 Å². The Kier molecular flexibility index (Phi) is 4.15. The Balaban J connectivity index is 1.90. The largest absolute Gasteiger partial charge is 0.335 e. The molecule has 0 amide bonds. The Hall–Kier alpha value is -1.55. The van der Waals surface area contributed by atoms with Crippen LogP contribution in [-0.4, -0.2) is 24.1 Å². The fourth-order valence-electron chi connectivity index (χ4n) is 2.54. The lowest BCUT2D eigenvalue weighted by molar-refractivity contribution is 0.656. The van der Waals surface area contributed by atoms with E-state index in [4.69, 9.17) is 4.99 Å². The zero-order valence-electron chi connectivity index (χ0n) is 12.7. The number of fused-ring (bicyclic) bond motifs is 1. The van der Waals surface area contributed by atoms with Crippen molar-refractivity contribution in [3.8, 4) is 0 Å². The molecule has 2 heterocycles. The third-order valence-electron chi connectivity index (χ3n) is 3.69. The van der Waals surface area contributed by atoms with Crippen molar-refractivity contribution in [2.75, 3.05) is 6.54 Å². The molecule has 0 aliphatic carbocycles. The van der Waals surface area contributed by atoms with Gasteiger partial charge in [-0.3, -0.25) is 9.98 Å². The molecule has 1 aromatic carbocycles. The molecule has 3 rings (SSSR count). The smallest absolute Gasteiger partial charge is 0.115 e. The lowest BCUT2D eigenvalue weighted by atomic mass is 9.91. The Bertz CT molecular complexity index is 599. The van der Waals surface area contributed by atoms with Crippen LogP contribution in [0.5, 0.6) is 0 Å². The maximum atomic E-state index is 4.78. The number of rotatable bonds is 3. The minimum absolute atomic E-state index is 0.230. The summed E-state index contributed by atoms with van der Waals surface area (Å²) in [6.07, 6.45) is 1.79. The summed E-state index contributed by atoms with van der Waals surface area (Å²) >= 11 is 1.79. The van der Waals surface area contributed by atoms with Gasteiger partial charge in [0, 0.05) is 6.54 Å². The first-order valence-corrected chi connectivity index (χ1v) is 8.34. The van der Waals surface area contributed by atoms with E-state index in [2.05, 4.69) is 60.8 Å². The third kappa shape index (κ3) is 3.05. The number of hydrogen-bond acceptors (Lipinski definition) is 3. The van der Waals surface area contributed by atoms with Crippen molar-refractivity contribution >= 4 is 29.5 Å². The number of nitrogens with one attached hydrogen (secondary N) is 1. The van der Waals surface area contributed by atoms with Gasteiger partial charge in [-0.25, -0.2) is 0 Å². The molecule has 0 unspecified atom stereocenters. The molecule has 0 bridgehead atoms. The molecule has 4 heteroatoms. The van der Waals surface area contributed by atoms with Crippen molar-refractivity contribution in [3.05, 3.63) is 40.8 Å². The Labute approximate surface area is 130 Å². The summed E-state index contributed by atoms with van der Waals surface area (Å²) in [6, 6.07) is 8.72. The predicted octanol–water partition coefficient (Wildman–Crippen LogP) is 3.71. The van der Waals surface area contributed by atoms with Crippen molar-refractivity contribution in [2.45, 2.75) is 26.1 Å². The molecule has 2 aliphatic heterocycles. The van der Waals surface area contributed by atoms with E-state index in [1.54, 1.807) is 18.1 Å². The van der Waals surface area contributed by atoms with E-state index >= 15 is 0 Å². The van der Waals surface area contributed by atoms with Crippen LogP contribution in [0.15, 0.2) is 39.7 Å². The molecule has 21 heavy (non-hydrogen) atoms. The molecule has 0 fully saturated rings. The molecular weight excluding hydrogens is 278 g/mol. The average Bonchev–Trinajstić information content (AvgIpc) is 2.90. The quantitative estimate of drug-likeness (QED) is 0.923. The zero-order valence-corrected chi connectivity index (χ0v) is 13.5. The number of hydrogen-bond donors (Lipinski definition) is 1. The Morgan fingerprint density at radius 2 is 2.05 bits per heavy atom. The van der Waals surface area contributed by atoms with E-state index in [9.17, 15) is 0 Å². The normalized spacial score (nSPS) is 25.9. The molecule has 0 aromatic heterocycles. The molecule has 0 radical (unpaired) electrons. The van der Waals surface area contributed by atoms with Crippen LogP contribution in [0.25, 0.3) is 5.57 Å². The van der Waals surface area contributed by atoms with E-state index in [0.29, 0.717) is 5.92 Å². The summed E-state index contributed by atoms with van der Waals surface area (Å²) < 4.78 is 0. The van der Waals surface area contributed by atoms with Crippen LogP contribution in [0, 0.1) is 18.8 Å². The minimum Gasteiger partial charge on any atom is -0.335 e. The summed E-state index contributed by atoms with van der Waals surface area (Å²) in [4.78, 5) is 9.33. The van der Waals surface area contributed by atoms with E-state index in [0.717, 1.165) is 12.4 Å². The number of nitrogens with zero attached hydrogens (tertiary/aromatic N) is 2. The van der Waals surface area contributed by atoms with Gasteiger partial charge in [0.05, 0.1) is 12.3 Å². The van der Waals surface area contributed by atoms with Gasteiger partial charge >= 0.3 is 0 Å². The van der Waals surface area contributed by atoms with Crippen molar-refractivity contribution < 1.29 is 0 Å². The first-order chi connectivity index (χ1) is 10.1. The van der Waals surface area contributed by atoms with Gasteiger partial charge in [0.1, 0.15) is 11.2 Å². The molecule has 0 saturated heterocycles. The van der Waals surface area contributed by atoms with Gasteiger partial charge in [0.15, 0.2) is 0 Å². The van der Waals surface area contributed by atoms with Crippen molar-refractivity contribution in [3.63, 3.8) is 0 Å².